The van der Waals surface area contributed by atoms with Gasteiger partial charge in [0, 0.05) is 11.5 Å². The van der Waals surface area contributed by atoms with Crippen LogP contribution in [-0.4, -0.2) is 29.8 Å². The molecule has 1 fully saturated rings. The molecule has 1 saturated carbocycles. The number of hydrogen-bond acceptors (Lipinski definition) is 4. The largest absolute Gasteiger partial charge is 0.465 e. The lowest BCUT2D eigenvalue weighted by molar-refractivity contribution is 0.0594. The standard InChI is InChI=1S/C27H28F3N3O2/c1-5-18(19-12-17(28)10-11-21(19)31-3)16-8-6-15(7-9-16)14(2)26-32-22-13-20(27(34)35-4)23(29)24(30)25(22)33-26/h5,10-16H,3,6-9H2,1-2,4H3,(H,32,33)/b18-5-. The molecule has 1 aromatic heterocycles. The lowest BCUT2D eigenvalue weighted by atomic mass is 9.72. The number of H-pyrrole nitrogens is 1. The highest BCUT2D eigenvalue weighted by Crippen LogP contribution is 2.44. The van der Waals surface area contributed by atoms with E-state index in [1.807, 2.05) is 19.9 Å². The number of carbonyl (C=O) groups is 1. The molecule has 1 heterocycles. The van der Waals surface area contributed by atoms with E-state index in [0.717, 1.165) is 43.9 Å². The predicted octanol–water partition coefficient (Wildman–Crippen LogP) is 7.11. The second-order valence-corrected chi connectivity index (χ2v) is 9.03. The quantitative estimate of drug-likeness (QED) is 0.300. The van der Waals surface area contributed by atoms with Gasteiger partial charge in [0.25, 0.3) is 0 Å². The lowest BCUT2D eigenvalue weighted by Gasteiger charge is -2.33. The average molecular weight is 484 g/mol. The fourth-order valence-electron chi connectivity index (χ4n) is 5.22. The second kappa shape index (κ2) is 10.1. The van der Waals surface area contributed by atoms with Gasteiger partial charge in [-0.1, -0.05) is 13.0 Å². The molecular weight excluding hydrogens is 455 g/mol. The molecule has 1 aliphatic rings. The summed E-state index contributed by atoms with van der Waals surface area (Å²) >= 11 is 0. The number of aliphatic imine (C=N–C) groups is 1. The third kappa shape index (κ3) is 4.61. The first kappa shape index (κ1) is 24.7. The first-order chi connectivity index (χ1) is 16.8. The van der Waals surface area contributed by atoms with Gasteiger partial charge >= 0.3 is 5.97 Å². The Morgan fingerprint density at radius 1 is 1.17 bits per heavy atom. The topological polar surface area (TPSA) is 67.3 Å². The molecule has 0 aliphatic heterocycles. The molecule has 1 N–H and O–H groups in total. The highest BCUT2D eigenvalue weighted by Gasteiger charge is 2.31. The molecule has 3 aromatic rings. The summed E-state index contributed by atoms with van der Waals surface area (Å²) in [6, 6.07) is 5.78. The summed E-state index contributed by atoms with van der Waals surface area (Å²) in [5, 5.41) is 0. The summed E-state index contributed by atoms with van der Waals surface area (Å²) < 4.78 is 47.4. The van der Waals surface area contributed by atoms with E-state index in [4.69, 9.17) is 0 Å². The summed E-state index contributed by atoms with van der Waals surface area (Å²) in [5.74, 6) is -2.62. The number of carbonyl (C=O) groups excluding carboxylic acids is 1. The van der Waals surface area contributed by atoms with Gasteiger partial charge in [-0.3, -0.25) is 4.99 Å². The van der Waals surface area contributed by atoms with E-state index in [1.165, 1.54) is 18.2 Å². The third-order valence-electron chi connectivity index (χ3n) is 7.18. The molecule has 1 atom stereocenters. The fourth-order valence-corrected chi connectivity index (χ4v) is 5.22. The van der Waals surface area contributed by atoms with Crippen molar-refractivity contribution in [2.24, 2.45) is 16.8 Å². The Balaban J connectivity index is 1.53. The minimum Gasteiger partial charge on any atom is -0.465 e. The highest BCUT2D eigenvalue weighted by molar-refractivity contribution is 5.94. The van der Waals surface area contributed by atoms with Crippen LogP contribution in [0.1, 0.15) is 67.2 Å². The van der Waals surface area contributed by atoms with Gasteiger partial charge in [0.05, 0.1) is 18.3 Å². The van der Waals surface area contributed by atoms with Gasteiger partial charge in [-0.15, -0.1) is 0 Å². The summed E-state index contributed by atoms with van der Waals surface area (Å²) in [6.45, 7) is 7.58. The maximum atomic E-state index is 14.6. The molecule has 2 aromatic carbocycles. The molecule has 184 valence electrons. The first-order valence-electron chi connectivity index (χ1n) is 11.7. The number of imidazole rings is 1. The summed E-state index contributed by atoms with van der Waals surface area (Å²) in [7, 11) is 1.11. The molecule has 35 heavy (non-hydrogen) atoms. The molecule has 4 rings (SSSR count). The zero-order chi connectivity index (χ0) is 25.3. The van der Waals surface area contributed by atoms with Crippen LogP contribution < -0.4 is 0 Å². The number of aromatic amines is 1. The second-order valence-electron chi connectivity index (χ2n) is 9.03. The SMILES string of the molecule is C=Nc1ccc(F)cc1/C(=C\C)C1CCC(C(C)c2nc3c(F)c(F)c(C(=O)OC)cc3[nH]2)CC1. The number of fused-ring (bicyclic) bond motifs is 1. The monoisotopic (exact) mass is 483 g/mol. The molecule has 1 unspecified atom stereocenters. The van der Waals surface area contributed by atoms with Gasteiger partial charge in [0.2, 0.25) is 0 Å². The van der Waals surface area contributed by atoms with Gasteiger partial charge < -0.3 is 9.72 Å². The van der Waals surface area contributed by atoms with Crippen molar-refractivity contribution >= 4 is 35.0 Å². The van der Waals surface area contributed by atoms with Gasteiger partial charge in [-0.05, 0) is 81.0 Å². The zero-order valence-corrected chi connectivity index (χ0v) is 20.0. The third-order valence-corrected chi connectivity index (χ3v) is 7.18. The Labute approximate surface area is 202 Å². The van der Waals surface area contributed by atoms with E-state index in [0.29, 0.717) is 11.5 Å². The molecule has 0 saturated heterocycles. The molecule has 0 bridgehead atoms. The van der Waals surface area contributed by atoms with Crippen LogP contribution in [0.25, 0.3) is 16.6 Å². The van der Waals surface area contributed by atoms with Gasteiger partial charge in [-0.25, -0.2) is 22.9 Å². The predicted molar refractivity (Wildman–Crippen MR) is 130 cm³/mol. The average Bonchev–Trinajstić information content (AvgIpc) is 3.31. The maximum Gasteiger partial charge on any atom is 0.341 e. The van der Waals surface area contributed by atoms with Crippen LogP contribution >= 0.6 is 0 Å². The van der Waals surface area contributed by atoms with Crippen molar-refractivity contribution in [1.29, 1.82) is 0 Å². The van der Waals surface area contributed by atoms with E-state index >= 15 is 0 Å². The van der Waals surface area contributed by atoms with E-state index in [1.54, 1.807) is 6.07 Å². The molecule has 0 spiro atoms. The Hall–Kier alpha value is -3.42. The minimum absolute atomic E-state index is 0.0268. The lowest BCUT2D eigenvalue weighted by Crippen LogP contribution is -2.20. The van der Waals surface area contributed by atoms with E-state index in [2.05, 4.69) is 26.4 Å². The first-order valence-corrected chi connectivity index (χ1v) is 11.7. The number of ether oxygens (including phenoxy) is 1. The maximum absolute atomic E-state index is 14.6. The number of nitrogens with zero attached hydrogens (tertiary/aromatic N) is 2. The summed E-state index contributed by atoms with van der Waals surface area (Å²) in [5.41, 5.74) is 2.16. The van der Waals surface area contributed by atoms with Crippen LogP contribution in [0.5, 0.6) is 0 Å². The number of hydrogen-bond donors (Lipinski definition) is 1. The van der Waals surface area contributed by atoms with Crippen LogP contribution in [0.2, 0.25) is 0 Å². The molecule has 8 heteroatoms. The fraction of sp³-hybridized carbons (Fsp3) is 0.370. The number of aromatic nitrogens is 2. The van der Waals surface area contributed by atoms with Crippen molar-refractivity contribution in [3.8, 4) is 0 Å². The van der Waals surface area contributed by atoms with Crippen LogP contribution in [0.15, 0.2) is 35.3 Å². The Morgan fingerprint density at radius 2 is 1.89 bits per heavy atom. The van der Waals surface area contributed by atoms with E-state index < -0.39 is 23.2 Å². The minimum atomic E-state index is -1.26. The van der Waals surface area contributed by atoms with Gasteiger partial charge in [-0.2, -0.15) is 0 Å². The molecule has 1 aliphatic carbocycles. The van der Waals surface area contributed by atoms with Crippen LogP contribution in [-0.2, 0) is 4.74 Å². The van der Waals surface area contributed by atoms with Crippen molar-refractivity contribution in [3.63, 3.8) is 0 Å². The van der Waals surface area contributed by atoms with Crippen LogP contribution in [0, 0.1) is 29.3 Å². The summed E-state index contributed by atoms with van der Waals surface area (Å²) in [4.78, 5) is 23.3. The zero-order valence-electron chi connectivity index (χ0n) is 20.0. The van der Waals surface area contributed by atoms with Gasteiger partial charge in [0.1, 0.15) is 22.7 Å². The Kier molecular flexibility index (Phi) is 7.10. The van der Waals surface area contributed by atoms with Crippen LogP contribution in [0.4, 0.5) is 18.9 Å². The number of rotatable bonds is 6. The number of allylic oxidation sites excluding steroid dienone is 2. The Morgan fingerprint density at radius 3 is 2.51 bits per heavy atom. The van der Waals surface area contributed by atoms with E-state index in [-0.39, 0.29) is 34.6 Å². The van der Waals surface area contributed by atoms with Crippen molar-refractivity contribution < 1.29 is 22.7 Å². The normalized spacial score (nSPS) is 19.5. The van der Waals surface area contributed by atoms with Crippen molar-refractivity contribution in [1.82, 2.24) is 9.97 Å². The van der Waals surface area contributed by atoms with Crippen LogP contribution in [0.3, 0.4) is 0 Å². The number of halogens is 3. The molecular formula is C27H28F3N3O2. The number of esters is 1. The van der Waals surface area contributed by atoms with Crippen molar-refractivity contribution in [2.75, 3.05) is 7.11 Å². The highest BCUT2D eigenvalue weighted by atomic mass is 19.2. The van der Waals surface area contributed by atoms with Crippen molar-refractivity contribution in [3.05, 3.63) is 64.7 Å². The molecule has 5 nitrogen and oxygen atoms in total. The smallest absolute Gasteiger partial charge is 0.341 e. The number of methoxy groups -OCH3 is 1. The number of benzene rings is 2. The van der Waals surface area contributed by atoms with Gasteiger partial charge in [0.15, 0.2) is 11.6 Å². The number of nitrogens with one attached hydrogen (secondary N) is 1. The molecule has 0 radical (unpaired) electrons. The van der Waals surface area contributed by atoms with E-state index in [9.17, 15) is 18.0 Å². The van der Waals surface area contributed by atoms with Crippen molar-refractivity contribution in [2.45, 2.75) is 45.4 Å². The molecule has 0 amide bonds. The summed E-state index contributed by atoms with van der Waals surface area (Å²) in [6.07, 6.45) is 5.62. The Bertz CT molecular complexity index is 1310.